The maximum atomic E-state index is 12.9. The number of nitrogens with one attached hydrogen (secondary N) is 1. The predicted octanol–water partition coefficient (Wildman–Crippen LogP) is 2.30. The second-order valence-electron chi connectivity index (χ2n) is 5.41. The van der Waals surface area contributed by atoms with E-state index in [1.165, 1.54) is 7.11 Å². The van der Waals surface area contributed by atoms with Gasteiger partial charge in [0.2, 0.25) is 11.8 Å². The smallest absolute Gasteiger partial charge is 0.322 e. The van der Waals surface area contributed by atoms with E-state index in [2.05, 4.69) is 15.5 Å². The number of nitrogens with zero attached hydrogens (tertiary/aromatic N) is 2. The van der Waals surface area contributed by atoms with Crippen LogP contribution in [0, 0.1) is 5.82 Å². The lowest BCUT2D eigenvalue weighted by molar-refractivity contribution is -0.114. The molecule has 0 aliphatic heterocycles. The molecule has 0 spiro atoms. The van der Waals surface area contributed by atoms with Gasteiger partial charge in [0.05, 0.1) is 12.0 Å². The summed E-state index contributed by atoms with van der Waals surface area (Å²) < 4.78 is 47.7. The molecular weight excluding hydrogens is 377 g/mol. The van der Waals surface area contributed by atoms with Gasteiger partial charge in [-0.2, -0.15) is 0 Å². The lowest BCUT2D eigenvalue weighted by atomic mass is 10.2. The second kappa shape index (κ2) is 7.54. The van der Waals surface area contributed by atoms with Crippen LogP contribution in [-0.2, 0) is 14.6 Å². The molecule has 0 unspecified atom stereocenters. The van der Waals surface area contributed by atoms with Crippen molar-refractivity contribution in [3.63, 3.8) is 0 Å². The molecule has 0 bridgehead atoms. The highest BCUT2D eigenvalue weighted by Crippen LogP contribution is 2.23. The highest BCUT2D eigenvalue weighted by atomic mass is 32.2. The minimum atomic E-state index is -3.94. The zero-order chi connectivity index (χ0) is 19.4. The van der Waals surface area contributed by atoms with Gasteiger partial charge >= 0.3 is 6.01 Å². The fraction of sp³-hybridized carbons (Fsp3) is 0.118. The number of benzene rings is 2. The summed E-state index contributed by atoms with van der Waals surface area (Å²) in [6, 6.07) is 10.8. The molecule has 0 aliphatic rings. The third-order valence-corrected chi connectivity index (χ3v) is 5.11. The number of anilines is 1. The number of amides is 1. The molecule has 0 atom stereocenters. The van der Waals surface area contributed by atoms with Crippen molar-refractivity contribution in [1.29, 1.82) is 0 Å². The molecule has 0 saturated carbocycles. The molecule has 140 valence electrons. The fourth-order valence-corrected chi connectivity index (χ4v) is 3.33. The van der Waals surface area contributed by atoms with Gasteiger partial charge in [-0.15, -0.1) is 5.10 Å². The van der Waals surface area contributed by atoms with Crippen molar-refractivity contribution < 1.29 is 26.8 Å². The van der Waals surface area contributed by atoms with Crippen LogP contribution in [0.4, 0.5) is 10.4 Å². The standard InChI is InChI=1S/C17H14FN3O5S/c1-25-13-4-2-3-11(9-13)16-20-21-17(26-16)19-15(22)10-27(23,24)14-7-5-12(18)6-8-14/h2-9H,10H2,1H3,(H,19,21,22). The molecule has 1 N–H and O–H groups in total. The summed E-state index contributed by atoms with van der Waals surface area (Å²) in [5, 5.41) is 9.70. The highest BCUT2D eigenvalue weighted by Gasteiger charge is 2.21. The third kappa shape index (κ3) is 4.47. The molecule has 3 rings (SSSR count). The van der Waals surface area contributed by atoms with Gasteiger partial charge in [0.1, 0.15) is 17.3 Å². The quantitative estimate of drug-likeness (QED) is 0.642. The van der Waals surface area contributed by atoms with Crippen molar-refractivity contribution in [2.75, 3.05) is 18.2 Å². The topological polar surface area (TPSA) is 111 Å². The summed E-state index contributed by atoms with van der Waals surface area (Å²) in [5.74, 6) is -1.57. The Morgan fingerprint density at radius 3 is 2.63 bits per heavy atom. The number of rotatable bonds is 6. The maximum absolute atomic E-state index is 12.9. The fourth-order valence-electron chi connectivity index (χ4n) is 2.20. The number of methoxy groups -OCH3 is 1. The molecule has 1 amide bonds. The molecule has 2 aromatic carbocycles. The Hall–Kier alpha value is -3.27. The van der Waals surface area contributed by atoms with Crippen LogP contribution in [0.15, 0.2) is 57.8 Å². The minimum absolute atomic E-state index is 0.130. The normalized spacial score (nSPS) is 11.2. The van der Waals surface area contributed by atoms with Crippen molar-refractivity contribution in [3.05, 3.63) is 54.3 Å². The molecule has 0 saturated heterocycles. The lowest BCUT2D eigenvalue weighted by Crippen LogP contribution is -2.23. The van der Waals surface area contributed by atoms with Gasteiger partial charge in [-0.3, -0.25) is 10.1 Å². The van der Waals surface area contributed by atoms with E-state index in [-0.39, 0.29) is 16.8 Å². The highest BCUT2D eigenvalue weighted by molar-refractivity contribution is 7.92. The van der Waals surface area contributed by atoms with E-state index in [1.807, 2.05) is 0 Å². The van der Waals surface area contributed by atoms with E-state index in [0.717, 1.165) is 24.3 Å². The van der Waals surface area contributed by atoms with Crippen LogP contribution in [0.2, 0.25) is 0 Å². The Kier molecular flexibility index (Phi) is 5.17. The molecule has 10 heteroatoms. The molecule has 8 nitrogen and oxygen atoms in total. The average molecular weight is 391 g/mol. The van der Waals surface area contributed by atoms with Crippen molar-refractivity contribution in [2.45, 2.75) is 4.90 Å². The first kappa shape index (κ1) is 18.5. The summed E-state index contributed by atoms with van der Waals surface area (Å²) in [4.78, 5) is 11.8. The van der Waals surface area contributed by atoms with Gasteiger partial charge in [-0.25, -0.2) is 12.8 Å². The number of halogens is 1. The summed E-state index contributed by atoms with van der Waals surface area (Å²) in [6.07, 6.45) is 0. The minimum Gasteiger partial charge on any atom is -0.497 e. The molecule has 3 aromatic rings. The van der Waals surface area contributed by atoms with Crippen molar-refractivity contribution in [3.8, 4) is 17.2 Å². The monoisotopic (exact) mass is 391 g/mol. The van der Waals surface area contributed by atoms with Crippen LogP contribution in [-0.4, -0.2) is 37.4 Å². The van der Waals surface area contributed by atoms with E-state index in [1.54, 1.807) is 24.3 Å². The van der Waals surface area contributed by atoms with Crippen LogP contribution in [0.25, 0.3) is 11.5 Å². The van der Waals surface area contributed by atoms with Gasteiger partial charge in [0.15, 0.2) is 9.84 Å². The number of aromatic nitrogens is 2. The molecule has 0 fully saturated rings. The lowest BCUT2D eigenvalue weighted by Gasteiger charge is -2.04. The first-order valence-corrected chi connectivity index (χ1v) is 9.29. The Balaban J connectivity index is 1.69. The third-order valence-electron chi connectivity index (χ3n) is 3.48. The van der Waals surface area contributed by atoms with Gasteiger partial charge in [-0.1, -0.05) is 11.2 Å². The van der Waals surface area contributed by atoms with Gasteiger partial charge in [-0.05, 0) is 42.5 Å². The molecule has 1 heterocycles. The maximum Gasteiger partial charge on any atom is 0.322 e. The molecule has 27 heavy (non-hydrogen) atoms. The van der Waals surface area contributed by atoms with E-state index >= 15 is 0 Å². The number of hydrogen-bond acceptors (Lipinski definition) is 7. The summed E-state index contributed by atoms with van der Waals surface area (Å²) in [5.41, 5.74) is 0.571. The number of sulfone groups is 1. The van der Waals surface area contributed by atoms with E-state index in [4.69, 9.17) is 9.15 Å². The van der Waals surface area contributed by atoms with Crippen LogP contribution in [0.3, 0.4) is 0 Å². The van der Waals surface area contributed by atoms with Gasteiger partial charge in [0, 0.05) is 5.56 Å². The van der Waals surface area contributed by atoms with Crippen LogP contribution < -0.4 is 10.1 Å². The SMILES string of the molecule is COc1cccc(-c2nnc(NC(=O)CS(=O)(=O)c3ccc(F)cc3)o2)c1. The Morgan fingerprint density at radius 2 is 1.93 bits per heavy atom. The number of carbonyl (C=O) groups excluding carboxylic acids is 1. The van der Waals surface area contributed by atoms with Crippen LogP contribution in [0.5, 0.6) is 5.75 Å². The van der Waals surface area contributed by atoms with E-state index in [0.29, 0.717) is 11.3 Å². The van der Waals surface area contributed by atoms with Gasteiger partial charge in [0.25, 0.3) is 0 Å². The van der Waals surface area contributed by atoms with E-state index < -0.39 is 27.3 Å². The molecular formula is C17H14FN3O5S. The molecule has 0 radical (unpaired) electrons. The number of carbonyl (C=O) groups is 1. The Morgan fingerprint density at radius 1 is 1.19 bits per heavy atom. The Labute approximate surface area is 153 Å². The van der Waals surface area contributed by atoms with Crippen molar-refractivity contribution >= 4 is 21.8 Å². The first-order chi connectivity index (χ1) is 12.9. The molecule has 0 aliphatic carbocycles. The zero-order valence-corrected chi connectivity index (χ0v) is 14.9. The van der Waals surface area contributed by atoms with E-state index in [9.17, 15) is 17.6 Å². The van der Waals surface area contributed by atoms with Crippen molar-refractivity contribution in [1.82, 2.24) is 10.2 Å². The van der Waals surface area contributed by atoms with Crippen LogP contribution in [0.1, 0.15) is 0 Å². The van der Waals surface area contributed by atoms with Crippen molar-refractivity contribution in [2.24, 2.45) is 0 Å². The largest absolute Gasteiger partial charge is 0.497 e. The Bertz CT molecular complexity index is 1060. The molecule has 1 aromatic heterocycles. The average Bonchev–Trinajstić information content (AvgIpc) is 3.10. The predicted molar refractivity (Wildman–Crippen MR) is 93.4 cm³/mol. The number of ether oxygens (including phenoxy) is 1. The summed E-state index contributed by atoms with van der Waals surface area (Å²) >= 11 is 0. The first-order valence-electron chi connectivity index (χ1n) is 7.63. The second-order valence-corrected chi connectivity index (χ2v) is 7.40. The summed E-state index contributed by atoms with van der Waals surface area (Å²) in [7, 11) is -2.42. The van der Waals surface area contributed by atoms with Crippen LogP contribution >= 0.6 is 0 Å². The summed E-state index contributed by atoms with van der Waals surface area (Å²) in [6.45, 7) is 0. The van der Waals surface area contributed by atoms with Gasteiger partial charge < -0.3 is 9.15 Å². The zero-order valence-electron chi connectivity index (χ0n) is 14.0. The number of hydrogen-bond donors (Lipinski definition) is 1.